The zero-order chi connectivity index (χ0) is 16.4. The Morgan fingerprint density at radius 2 is 2.13 bits per heavy atom. The fourth-order valence-electron chi connectivity index (χ4n) is 3.58. The molecule has 2 saturated heterocycles. The van der Waals surface area contributed by atoms with Crippen molar-refractivity contribution in [2.75, 3.05) is 6.61 Å². The molecule has 23 heavy (non-hydrogen) atoms. The Morgan fingerprint density at radius 3 is 2.87 bits per heavy atom. The lowest BCUT2D eigenvalue weighted by atomic mass is 9.95. The first-order chi connectivity index (χ1) is 10.9. The average Bonchev–Trinajstić information content (AvgIpc) is 3.07. The van der Waals surface area contributed by atoms with Crippen LogP contribution in [-0.4, -0.2) is 49.8 Å². The second-order valence-corrected chi connectivity index (χ2v) is 6.90. The van der Waals surface area contributed by atoms with Crippen molar-refractivity contribution in [3.05, 3.63) is 23.7 Å². The van der Waals surface area contributed by atoms with Gasteiger partial charge in [0.25, 0.3) is 0 Å². The number of rotatable bonds is 2. The number of halogens is 1. The molecule has 4 heterocycles. The van der Waals surface area contributed by atoms with Crippen molar-refractivity contribution in [2.24, 2.45) is 0 Å². The van der Waals surface area contributed by atoms with Crippen molar-refractivity contribution in [3.8, 4) is 0 Å². The molecular formula is C15H18ClN3O4. The van der Waals surface area contributed by atoms with Crippen molar-refractivity contribution in [1.29, 1.82) is 0 Å². The van der Waals surface area contributed by atoms with E-state index in [2.05, 4.69) is 9.97 Å². The van der Waals surface area contributed by atoms with Crippen molar-refractivity contribution >= 4 is 22.6 Å². The standard InChI is InChI=1S/C15H18ClN3O4/c1-14(2)22-10-13(21-9(6-20)15(10,3)23-14)19-5-4-8-11(16)17-7-18-12(8)19/h4-5,7,9-10,13,20H,6H2,1-3H3/t9?,10-,13?,15?/m1/s1. The number of aliphatic hydroxyl groups excluding tert-OH is 1. The Bertz CT molecular complexity index is 764. The molecule has 0 aliphatic carbocycles. The van der Waals surface area contributed by atoms with E-state index >= 15 is 0 Å². The number of aromatic nitrogens is 3. The average molecular weight is 340 g/mol. The summed E-state index contributed by atoms with van der Waals surface area (Å²) in [6.45, 7) is 5.46. The van der Waals surface area contributed by atoms with Crippen LogP contribution in [0.1, 0.15) is 27.0 Å². The molecule has 0 bridgehead atoms. The normalized spacial score (nSPS) is 35.8. The zero-order valence-electron chi connectivity index (χ0n) is 13.1. The summed E-state index contributed by atoms with van der Waals surface area (Å²) < 4.78 is 20.0. The third kappa shape index (κ3) is 2.11. The Balaban J connectivity index is 1.81. The second-order valence-electron chi connectivity index (χ2n) is 6.55. The maximum atomic E-state index is 9.70. The van der Waals surface area contributed by atoms with Crippen LogP contribution in [0.25, 0.3) is 11.0 Å². The van der Waals surface area contributed by atoms with Gasteiger partial charge in [-0.05, 0) is 26.8 Å². The molecule has 0 spiro atoms. The first kappa shape index (κ1) is 15.3. The minimum Gasteiger partial charge on any atom is -0.394 e. The highest BCUT2D eigenvalue weighted by atomic mass is 35.5. The highest BCUT2D eigenvalue weighted by Crippen LogP contribution is 2.50. The molecule has 0 saturated carbocycles. The third-order valence-electron chi connectivity index (χ3n) is 4.54. The molecule has 2 aliphatic heterocycles. The number of fused-ring (bicyclic) bond motifs is 2. The molecule has 2 aromatic heterocycles. The van der Waals surface area contributed by atoms with Gasteiger partial charge in [-0.15, -0.1) is 0 Å². The molecule has 0 radical (unpaired) electrons. The fourth-order valence-corrected chi connectivity index (χ4v) is 3.77. The van der Waals surface area contributed by atoms with Crippen LogP contribution in [0.15, 0.2) is 18.6 Å². The van der Waals surface area contributed by atoms with Gasteiger partial charge in [0.1, 0.15) is 34.9 Å². The summed E-state index contributed by atoms with van der Waals surface area (Å²) in [5, 5.41) is 10.8. The minimum absolute atomic E-state index is 0.155. The largest absolute Gasteiger partial charge is 0.394 e. The quantitative estimate of drug-likeness (QED) is 0.842. The summed E-state index contributed by atoms with van der Waals surface area (Å²) in [6, 6.07) is 1.84. The van der Waals surface area contributed by atoms with Crippen LogP contribution in [-0.2, 0) is 14.2 Å². The van der Waals surface area contributed by atoms with Crippen LogP contribution in [0.3, 0.4) is 0 Å². The van der Waals surface area contributed by atoms with Gasteiger partial charge in [0.05, 0.1) is 12.0 Å². The van der Waals surface area contributed by atoms with Crippen LogP contribution in [0, 0.1) is 0 Å². The van der Waals surface area contributed by atoms with Gasteiger partial charge in [-0.2, -0.15) is 0 Å². The Kier molecular flexibility index (Phi) is 3.24. The number of nitrogens with zero attached hydrogens (tertiary/aromatic N) is 3. The molecule has 2 fully saturated rings. The predicted octanol–water partition coefficient (Wildman–Crippen LogP) is 1.88. The van der Waals surface area contributed by atoms with E-state index in [0.717, 1.165) is 5.39 Å². The summed E-state index contributed by atoms with van der Waals surface area (Å²) in [5.41, 5.74) is -0.0830. The molecule has 2 aromatic rings. The monoisotopic (exact) mass is 339 g/mol. The van der Waals surface area contributed by atoms with Gasteiger partial charge >= 0.3 is 0 Å². The number of hydrogen-bond acceptors (Lipinski definition) is 6. The lowest BCUT2D eigenvalue weighted by Crippen LogP contribution is -2.45. The molecule has 0 aromatic carbocycles. The zero-order valence-corrected chi connectivity index (χ0v) is 13.8. The van der Waals surface area contributed by atoms with Crippen LogP contribution in [0.5, 0.6) is 0 Å². The van der Waals surface area contributed by atoms with Gasteiger partial charge in [-0.3, -0.25) is 0 Å². The fraction of sp³-hybridized carbons (Fsp3) is 0.600. The van der Waals surface area contributed by atoms with Gasteiger partial charge < -0.3 is 23.9 Å². The molecule has 7 nitrogen and oxygen atoms in total. The number of hydrogen-bond donors (Lipinski definition) is 1. The molecule has 4 atom stereocenters. The highest BCUT2D eigenvalue weighted by molar-refractivity contribution is 6.33. The van der Waals surface area contributed by atoms with Crippen LogP contribution in [0.4, 0.5) is 0 Å². The van der Waals surface area contributed by atoms with E-state index in [0.29, 0.717) is 10.8 Å². The number of ether oxygens (including phenoxy) is 3. The molecule has 2 aliphatic rings. The molecule has 0 amide bonds. The summed E-state index contributed by atoms with van der Waals surface area (Å²) in [6.07, 6.45) is 1.91. The van der Waals surface area contributed by atoms with Crippen LogP contribution < -0.4 is 0 Å². The highest BCUT2D eigenvalue weighted by Gasteiger charge is 2.63. The van der Waals surface area contributed by atoms with E-state index in [-0.39, 0.29) is 12.7 Å². The van der Waals surface area contributed by atoms with Crippen LogP contribution in [0.2, 0.25) is 5.15 Å². The Hall–Kier alpha value is -1.25. The van der Waals surface area contributed by atoms with E-state index < -0.39 is 23.7 Å². The van der Waals surface area contributed by atoms with E-state index in [1.807, 2.05) is 37.6 Å². The lowest BCUT2D eigenvalue weighted by molar-refractivity contribution is -0.214. The Morgan fingerprint density at radius 1 is 1.35 bits per heavy atom. The summed E-state index contributed by atoms with van der Waals surface area (Å²) in [5.74, 6) is -0.746. The maximum absolute atomic E-state index is 9.70. The molecule has 8 heteroatoms. The molecular weight excluding hydrogens is 322 g/mol. The molecule has 1 N–H and O–H groups in total. The summed E-state index contributed by atoms with van der Waals surface area (Å²) >= 11 is 6.12. The van der Waals surface area contributed by atoms with Gasteiger partial charge in [-0.25, -0.2) is 9.97 Å². The van der Waals surface area contributed by atoms with Crippen LogP contribution >= 0.6 is 11.6 Å². The van der Waals surface area contributed by atoms with E-state index in [9.17, 15) is 5.11 Å². The van der Waals surface area contributed by atoms with E-state index in [1.165, 1.54) is 6.33 Å². The minimum atomic E-state index is -0.746. The van der Waals surface area contributed by atoms with Crippen molar-refractivity contribution < 1.29 is 19.3 Å². The Labute approximate surface area is 138 Å². The van der Waals surface area contributed by atoms with Gasteiger partial charge in [0, 0.05) is 6.20 Å². The maximum Gasteiger partial charge on any atom is 0.165 e. The van der Waals surface area contributed by atoms with Gasteiger partial charge in [0.15, 0.2) is 12.0 Å². The molecule has 4 rings (SSSR count). The van der Waals surface area contributed by atoms with Crippen molar-refractivity contribution in [2.45, 2.75) is 50.6 Å². The van der Waals surface area contributed by atoms with Gasteiger partial charge in [0.2, 0.25) is 0 Å². The first-order valence-electron chi connectivity index (χ1n) is 7.47. The lowest BCUT2D eigenvalue weighted by Gasteiger charge is -2.28. The smallest absolute Gasteiger partial charge is 0.165 e. The second kappa shape index (κ2) is 4.87. The number of aliphatic hydroxyl groups is 1. The molecule has 3 unspecified atom stereocenters. The first-order valence-corrected chi connectivity index (χ1v) is 7.85. The predicted molar refractivity (Wildman–Crippen MR) is 82.0 cm³/mol. The third-order valence-corrected chi connectivity index (χ3v) is 4.85. The van der Waals surface area contributed by atoms with E-state index in [4.69, 9.17) is 25.8 Å². The molecule has 124 valence electrons. The summed E-state index contributed by atoms with van der Waals surface area (Å²) in [4.78, 5) is 8.29. The summed E-state index contributed by atoms with van der Waals surface area (Å²) in [7, 11) is 0. The van der Waals surface area contributed by atoms with E-state index in [1.54, 1.807) is 0 Å². The van der Waals surface area contributed by atoms with Crippen molar-refractivity contribution in [1.82, 2.24) is 14.5 Å². The topological polar surface area (TPSA) is 78.6 Å². The van der Waals surface area contributed by atoms with Crippen molar-refractivity contribution in [3.63, 3.8) is 0 Å². The SMILES string of the molecule is CC1(C)O[C@@H]2C(n3ccc4c(Cl)ncnc43)OC(CO)C2(C)O1. The van der Waals surface area contributed by atoms with Gasteiger partial charge in [-0.1, -0.05) is 11.6 Å².